The normalized spacial score (nSPS) is 14.0. The number of hydrogen-bond donors (Lipinski definition) is 2. The first kappa shape index (κ1) is 21.8. The first-order valence-corrected chi connectivity index (χ1v) is 9.54. The van der Waals surface area contributed by atoms with Crippen LogP contribution in [0, 0.1) is 0 Å². The summed E-state index contributed by atoms with van der Waals surface area (Å²) >= 11 is 0. The van der Waals surface area contributed by atoms with Gasteiger partial charge in [0.15, 0.2) is 0 Å². The number of amides is 4. The van der Waals surface area contributed by atoms with Crippen LogP contribution in [0.5, 0.6) is 5.75 Å². The van der Waals surface area contributed by atoms with E-state index < -0.39 is 24.2 Å². The predicted octanol–water partition coefficient (Wildman–Crippen LogP) is 3.25. The Hall–Kier alpha value is -4.41. The van der Waals surface area contributed by atoms with Gasteiger partial charge in [-0.3, -0.25) is 24.9 Å². The lowest BCUT2D eigenvalue weighted by molar-refractivity contribution is -0.274. The molecule has 33 heavy (non-hydrogen) atoms. The lowest BCUT2D eigenvalue weighted by Crippen LogP contribution is -2.51. The van der Waals surface area contributed by atoms with Crippen molar-refractivity contribution in [3.63, 3.8) is 0 Å². The van der Waals surface area contributed by atoms with E-state index in [-0.39, 0.29) is 17.9 Å². The number of benzene rings is 2. The number of carbonyl (C=O) groups is 3. The van der Waals surface area contributed by atoms with E-state index >= 15 is 0 Å². The van der Waals surface area contributed by atoms with E-state index in [1.807, 2.05) is 10.6 Å². The highest BCUT2D eigenvalue weighted by molar-refractivity contribution is 6.31. The van der Waals surface area contributed by atoms with Crippen LogP contribution in [0.25, 0.3) is 17.3 Å². The number of nitrogens with one attached hydrogen (secondary N) is 2. The molecule has 1 aliphatic heterocycles. The molecule has 4 rings (SSSR count). The molecule has 0 unspecified atom stereocenters. The molecule has 4 amide bonds. The maximum absolute atomic E-state index is 12.5. The van der Waals surface area contributed by atoms with Crippen LogP contribution in [0.3, 0.4) is 0 Å². The smallest absolute Gasteiger partial charge is 0.406 e. The Morgan fingerprint density at radius 2 is 1.67 bits per heavy atom. The van der Waals surface area contributed by atoms with Crippen LogP contribution in [0.15, 0.2) is 66.4 Å². The molecule has 1 saturated heterocycles. The van der Waals surface area contributed by atoms with Crippen LogP contribution in [0.2, 0.25) is 0 Å². The summed E-state index contributed by atoms with van der Waals surface area (Å²) in [5.74, 6) is -2.07. The summed E-state index contributed by atoms with van der Waals surface area (Å²) in [6.07, 6.45) is -1.97. The van der Waals surface area contributed by atoms with E-state index in [1.165, 1.54) is 29.0 Å². The van der Waals surface area contributed by atoms with Crippen LogP contribution in [0.1, 0.15) is 11.1 Å². The highest BCUT2D eigenvalue weighted by Crippen LogP contribution is 2.26. The molecule has 0 radical (unpaired) electrons. The Morgan fingerprint density at radius 3 is 2.33 bits per heavy atom. The lowest BCUT2D eigenvalue weighted by atomic mass is 10.0. The summed E-state index contributed by atoms with van der Waals surface area (Å²) < 4.78 is 43.0. The number of rotatable bonds is 5. The fourth-order valence-electron chi connectivity index (χ4n) is 3.23. The average Bonchev–Trinajstić information content (AvgIpc) is 3.12. The summed E-state index contributed by atoms with van der Waals surface area (Å²) in [4.78, 5) is 35.5. The van der Waals surface area contributed by atoms with E-state index in [2.05, 4.69) is 9.84 Å². The third-order valence-corrected chi connectivity index (χ3v) is 4.56. The number of alkyl halides is 3. The number of nitrogens with zero attached hydrogens (tertiary/aromatic N) is 2. The number of ether oxygens (including phenoxy) is 1. The molecule has 1 aliphatic rings. The van der Waals surface area contributed by atoms with Crippen molar-refractivity contribution in [3.8, 4) is 17.0 Å². The van der Waals surface area contributed by atoms with Crippen LogP contribution in [-0.4, -0.2) is 34.0 Å². The quantitative estimate of drug-likeness (QED) is 0.453. The topological polar surface area (TPSA) is 102 Å². The van der Waals surface area contributed by atoms with Crippen LogP contribution < -0.4 is 15.4 Å². The first-order chi connectivity index (χ1) is 15.7. The number of aromatic nitrogens is 2. The zero-order valence-corrected chi connectivity index (χ0v) is 16.7. The molecule has 0 spiro atoms. The van der Waals surface area contributed by atoms with Crippen molar-refractivity contribution in [1.29, 1.82) is 0 Å². The van der Waals surface area contributed by atoms with Crippen LogP contribution >= 0.6 is 0 Å². The van der Waals surface area contributed by atoms with Gasteiger partial charge in [0.25, 0.3) is 11.8 Å². The molecule has 1 aromatic heterocycles. The summed E-state index contributed by atoms with van der Waals surface area (Å²) in [6.45, 7) is 0.0922. The van der Waals surface area contributed by atoms with E-state index in [0.29, 0.717) is 22.4 Å². The fourth-order valence-corrected chi connectivity index (χ4v) is 3.23. The predicted molar refractivity (Wildman–Crippen MR) is 110 cm³/mol. The highest BCUT2D eigenvalue weighted by Gasteiger charge is 2.31. The van der Waals surface area contributed by atoms with Gasteiger partial charge in [-0.2, -0.15) is 5.10 Å². The number of halogens is 3. The summed E-state index contributed by atoms with van der Waals surface area (Å²) in [6, 6.07) is 13.5. The van der Waals surface area contributed by atoms with E-state index in [1.54, 1.807) is 42.6 Å². The summed E-state index contributed by atoms with van der Waals surface area (Å²) in [5.41, 5.74) is 1.72. The van der Waals surface area contributed by atoms with Crippen molar-refractivity contribution >= 4 is 23.9 Å². The maximum atomic E-state index is 12.5. The number of hydrogen-bond acceptors (Lipinski definition) is 5. The Morgan fingerprint density at radius 1 is 0.970 bits per heavy atom. The van der Waals surface area contributed by atoms with E-state index in [4.69, 9.17) is 0 Å². The minimum atomic E-state index is -4.81. The standard InChI is InChI=1S/C22H15F3N4O4/c23-22(24,25)33-16-8-4-5-13(9-16)11-29-12-15(18(28-29)14-6-2-1-3-7-14)10-17-19(30)26-21(32)27-20(17)31/h1-10,12H,11H2,(H2,26,27,30,31,32). The highest BCUT2D eigenvalue weighted by atomic mass is 19.4. The number of imide groups is 2. The van der Waals surface area contributed by atoms with Crippen molar-refractivity contribution in [2.24, 2.45) is 0 Å². The SMILES string of the molecule is O=C1NC(=O)C(=Cc2cn(Cc3cccc(OC(F)(F)F)c3)nc2-c2ccccc2)C(=O)N1. The maximum Gasteiger partial charge on any atom is 0.573 e. The van der Waals surface area contributed by atoms with Gasteiger partial charge < -0.3 is 4.74 Å². The molecule has 11 heteroatoms. The van der Waals surface area contributed by atoms with Crippen molar-refractivity contribution < 1.29 is 32.3 Å². The van der Waals surface area contributed by atoms with Crippen molar-refractivity contribution in [2.45, 2.75) is 12.9 Å². The van der Waals surface area contributed by atoms with Crippen molar-refractivity contribution in [3.05, 3.63) is 77.5 Å². The molecule has 3 aromatic rings. The Labute approximate surface area is 184 Å². The second-order valence-corrected chi connectivity index (χ2v) is 6.99. The third-order valence-electron chi connectivity index (χ3n) is 4.56. The second-order valence-electron chi connectivity index (χ2n) is 6.99. The van der Waals surface area contributed by atoms with Gasteiger partial charge in [-0.1, -0.05) is 42.5 Å². The van der Waals surface area contributed by atoms with Gasteiger partial charge >= 0.3 is 12.4 Å². The largest absolute Gasteiger partial charge is 0.573 e. The average molecular weight is 456 g/mol. The number of urea groups is 1. The number of carbonyl (C=O) groups excluding carboxylic acids is 3. The Kier molecular flexibility index (Phi) is 5.69. The Bertz CT molecular complexity index is 1240. The number of barbiturate groups is 1. The van der Waals surface area contributed by atoms with Gasteiger partial charge in [0.1, 0.15) is 11.3 Å². The zero-order valence-electron chi connectivity index (χ0n) is 16.7. The summed E-state index contributed by atoms with van der Waals surface area (Å²) in [5, 5.41) is 8.49. The fraction of sp³-hybridized carbons (Fsp3) is 0.0909. The van der Waals surface area contributed by atoms with Gasteiger partial charge in [-0.05, 0) is 23.8 Å². The first-order valence-electron chi connectivity index (χ1n) is 9.54. The minimum Gasteiger partial charge on any atom is -0.406 e. The zero-order chi connectivity index (χ0) is 23.6. The molecule has 0 bridgehead atoms. The molecule has 8 nitrogen and oxygen atoms in total. The van der Waals surface area contributed by atoms with Gasteiger partial charge in [0, 0.05) is 17.3 Å². The molecule has 2 heterocycles. The second kappa shape index (κ2) is 8.61. The van der Waals surface area contributed by atoms with Gasteiger partial charge in [-0.15, -0.1) is 13.2 Å². The molecule has 2 N–H and O–H groups in total. The van der Waals surface area contributed by atoms with Gasteiger partial charge in [-0.25, -0.2) is 4.79 Å². The van der Waals surface area contributed by atoms with Crippen molar-refractivity contribution in [1.82, 2.24) is 20.4 Å². The molecule has 1 fully saturated rings. The van der Waals surface area contributed by atoms with Crippen molar-refractivity contribution in [2.75, 3.05) is 0 Å². The van der Waals surface area contributed by atoms with E-state index in [9.17, 15) is 27.6 Å². The molecule has 2 aromatic carbocycles. The monoisotopic (exact) mass is 456 g/mol. The Balaban J connectivity index is 1.70. The lowest BCUT2D eigenvalue weighted by Gasteiger charge is -2.13. The molecular formula is C22H15F3N4O4. The van der Waals surface area contributed by atoms with E-state index in [0.717, 1.165) is 0 Å². The minimum absolute atomic E-state index is 0.0922. The summed E-state index contributed by atoms with van der Waals surface area (Å²) in [7, 11) is 0. The van der Waals surface area contributed by atoms with Crippen LogP contribution in [0.4, 0.5) is 18.0 Å². The van der Waals surface area contributed by atoms with Gasteiger partial charge in [0.05, 0.1) is 12.2 Å². The molecule has 0 atom stereocenters. The molecular weight excluding hydrogens is 441 g/mol. The van der Waals surface area contributed by atoms with Crippen LogP contribution in [-0.2, 0) is 16.1 Å². The third kappa shape index (κ3) is 5.26. The molecule has 168 valence electrons. The molecule has 0 saturated carbocycles. The van der Waals surface area contributed by atoms with Gasteiger partial charge in [0.2, 0.25) is 0 Å². The molecule has 0 aliphatic carbocycles.